The van der Waals surface area contributed by atoms with E-state index in [2.05, 4.69) is 10.6 Å². The first-order valence-corrected chi connectivity index (χ1v) is 14.7. The molecule has 8 heteroatoms. The van der Waals surface area contributed by atoms with Gasteiger partial charge in [-0.25, -0.2) is 0 Å². The molecule has 4 N–H and O–H groups in total. The van der Waals surface area contributed by atoms with Gasteiger partial charge < -0.3 is 21.0 Å². The fourth-order valence-corrected chi connectivity index (χ4v) is 6.33. The van der Waals surface area contributed by atoms with Crippen LogP contribution in [0.4, 0.5) is 0 Å². The van der Waals surface area contributed by atoms with Crippen molar-refractivity contribution in [1.82, 2.24) is 15.5 Å². The van der Waals surface area contributed by atoms with Crippen LogP contribution in [0.5, 0.6) is 0 Å². The second-order valence-corrected chi connectivity index (χ2v) is 12.8. The van der Waals surface area contributed by atoms with E-state index in [4.69, 9.17) is 0 Å². The highest BCUT2D eigenvalue weighted by Crippen LogP contribution is 2.40. The fourth-order valence-electron chi connectivity index (χ4n) is 5.19. The molecule has 1 aliphatic rings. The smallest absolute Gasteiger partial charge is 0.251 e. The second kappa shape index (κ2) is 13.8. The number of rotatable bonds is 9. The van der Waals surface area contributed by atoms with Crippen molar-refractivity contribution >= 4 is 29.5 Å². The summed E-state index contributed by atoms with van der Waals surface area (Å²) in [5, 5.41) is 6.21. The Kier molecular flexibility index (Phi) is 10.8. The number of hydrogen-bond acceptors (Lipinski definition) is 4. The van der Waals surface area contributed by atoms with Crippen LogP contribution in [0.25, 0.3) is 0 Å². The maximum absolute atomic E-state index is 14.1. The molecule has 0 aromatic heterocycles. The van der Waals surface area contributed by atoms with Crippen molar-refractivity contribution in [2.75, 3.05) is 5.88 Å². The molecule has 3 aromatic rings. The lowest BCUT2D eigenvalue weighted by Crippen LogP contribution is -2.56. The minimum Gasteiger partial charge on any atom is -0.412 e. The zero-order valence-corrected chi connectivity index (χ0v) is 25.3. The van der Waals surface area contributed by atoms with Crippen LogP contribution < -0.4 is 10.6 Å². The number of nitrogens with one attached hydrogen (secondary N) is 2. The molecular weight excluding hydrogens is 534 g/mol. The highest BCUT2D eigenvalue weighted by Gasteiger charge is 2.49. The third-order valence-corrected chi connectivity index (χ3v) is 9.05. The molecule has 3 amide bonds. The van der Waals surface area contributed by atoms with Crippen molar-refractivity contribution < 1.29 is 19.9 Å². The second-order valence-electron chi connectivity index (χ2n) is 11.2. The van der Waals surface area contributed by atoms with Gasteiger partial charge in [-0.1, -0.05) is 79.2 Å². The molecule has 41 heavy (non-hydrogen) atoms. The lowest BCUT2D eigenvalue weighted by atomic mass is 9.91. The van der Waals surface area contributed by atoms with Gasteiger partial charge in [0.1, 0.15) is 6.04 Å². The van der Waals surface area contributed by atoms with E-state index in [0.29, 0.717) is 24.4 Å². The fraction of sp³-hybridized carbons (Fsp3) is 0.364. The average Bonchev–Trinajstić information content (AvgIpc) is 3.26. The van der Waals surface area contributed by atoms with Gasteiger partial charge in [0.2, 0.25) is 11.8 Å². The van der Waals surface area contributed by atoms with Crippen molar-refractivity contribution in [2.45, 2.75) is 64.4 Å². The molecule has 1 saturated heterocycles. The Hall–Kier alpha value is -3.62. The van der Waals surface area contributed by atoms with Crippen molar-refractivity contribution in [3.8, 4) is 0 Å². The van der Waals surface area contributed by atoms with E-state index in [1.54, 1.807) is 22.7 Å². The molecule has 4 rings (SSSR count). The quantitative estimate of drug-likeness (QED) is 0.393. The predicted octanol–water partition coefficient (Wildman–Crippen LogP) is 4.45. The third-order valence-electron chi connectivity index (χ3n) is 7.68. The van der Waals surface area contributed by atoms with Crippen molar-refractivity contribution in [1.29, 1.82) is 0 Å². The van der Waals surface area contributed by atoms with Gasteiger partial charge in [0.15, 0.2) is 0 Å². The average molecular weight is 576 g/mol. The lowest BCUT2D eigenvalue weighted by Gasteiger charge is -2.34. The molecule has 0 radical (unpaired) electrons. The molecule has 3 aromatic carbocycles. The molecule has 1 aliphatic heterocycles. The summed E-state index contributed by atoms with van der Waals surface area (Å²) in [5.74, 6) is -0.646. The van der Waals surface area contributed by atoms with E-state index in [0.717, 1.165) is 22.3 Å². The van der Waals surface area contributed by atoms with E-state index >= 15 is 0 Å². The SMILES string of the molecule is Cc1cccc(C(=O)NC(Cc2ccccc2)[C@H](C)C(=O)N2CSC(C)(C)[C@H]2C(=O)NCc2ccccc2C)c1.O. The van der Waals surface area contributed by atoms with Crippen LogP contribution in [0.15, 0.2) is 78.9 Å². The first-order valence-electron chi connectivity index (χ1n) is 13.7. The van der Waals surface area contributed by atoms with Crippen LogP contribution in [0, 0.1) is 19.8 Å². The van der Waals surface area contributed by atoms with Crippen molar-refractivity contribution in [3.05, 3.63) is 107 Å². The van der Waals surface area contributed by atoms with Gasteiger partial charge in [-0.05, 0) is 62.9 Å². The van der Waals surface area contributed by atoms with E-state index in [-0.39, 0.29) is 23.2 Å². The van der Waals surface area contributed by atoms with Gasteiger partial charge in [-0.2, -0.15) is 0 Å². The molecule has 0 bridgehead atoms. The van der Waals surface area contributed by atoms with Gasteiger partial charge in [0.25, 0.3) is 5.91 Å². The first-order chi connectivity index (χ1) is 19.1. The first kappa shape index (κ1) is 31.9. The van der Waals surface area contributed by atoms with Crippen molar-refractivity contribution in [3.63, 3.8) is 0 Å². The molecule has 0 spiro atoms. The minimum atomic E-state index is -0.624. The van der Waals surface area contributed by atoms with Gasteiger partial charge in [-0.15, -0.1) is 11.8 Å². The van der Waals surface area contributed by atoms with Crippen LogP contribution in [0.1, 0.15) is 53.4 Å². The zero-order valence-electron chi connectivity index (χ0n) is 24.4. The summed E-state index contributed by atoms with van der Waals surface area (Å²) in [6.07, 6.45) is 0.500. The van der Waals surface area contributed by atoms with Crippen LogP contribution in [-0.4, -0.2) is 50.8 Å². The molecule has 218 valence electrons. The maximum atomic E-state index is 14.1. The van der Waals surface area contributed by atoms with Gasteiger partial charge >= 0.3 is 0 Å². The molecular formula is C33H41N3O4S. The van der Waals surface area contributed by atoms with E-state index < -0.39 is 22.7 Å². The summed E-state index contributed by atoms with van der Waals surface area (Å²) in [7, 11) is 0. The van der Waals surface area contributed by atoms with Crippen LogP contribution in [0.2, 0.25) is 0 Å². The summed E-state index contributed by atoms with van der Waals surface area (Å²) in [6, 6.07) is 24.2. The minimum absolute atomic E-state index is 0. The maximum Gasteiger partial charge on any atom is 0.251 e. The highest BCUT2D eigenvalue weighted by atomic mass is 32.2. The van der Waals surface area contributed by atoms with E-state index in [9.17, 15) is 14.4 Å². The van der Waals surface area contributed by atoms with E-state index in [1.165, 1.54) is 0 Å². The largest absolute Gasteiger partial charge is 0.412 e. The molecule has 7 nitrogen and oxygen atoms in total. The zero-order chi connectivity index (χ0) is 28.9. The van der Waals surface area contributed by atoms with Crippen LogP contribution in [0.3, 0.4) is 0 Å². The van der Waals surface area contributed by atoms with Gasteiger partial charge in [-0.3, -0.25) is 14.4 Å². The topological polar surface area (TPSA) is 110 Å². The molecule has 0 saturated carbocycles. The Morgan fingerprint density at radius 1 is 0.976 bits per heavy atom. The highest BCUT2D eigenvalue weighted by molar-refractivity contribution is 8.00. The summed E-state index contributed by atoms with van der Waals surface area (Å²) in [4.78, 5) is 42.6. The number of aryl methyl sites for hydroxylation is 2. The normalized spacial score (nSPS) is 17.2. The number of carbonyl (C=O) groups excluding carboxylic acids is 3. The Labute approximate surface area is 247 Å². The Bertz CT molecular complexity index is 1360. The summed E-state index contributed by atoms with van der Waals surface area (Å²) >= 11 is 1.60. The lowest BCUT2D eigenvalue weighted by molar-refractivity contribution is -0.142. The number of thioether (sulfide) groups is 1. The van der Waals surface area contributed by atoms with Gasteiger partial charge in [0.05, 0.1) is 11.8 Å². The molecule has 1 fully saturated rings. The number of amides is 3. The summed E-state index contributed by atoms with van der Waals surface area (Å²) in [5.41, 5.74) is 4.74. The molecule has 3 atom stereocenters. The monoisotopic (exact) mass is 575 g/mol. The Morgan fingerprint density at radius 2 is 1.66 bits per heavy atom. The van der Waals surface area contributed by atoms with Crippen molar-refractivity contribution in [2.24, 2.45) is 5.92 Å². The predicted molar refractivity (Wildman–Crippen MR) is 166 cm³/mol. The molecule has 0 aliphatic carbocycles. The van der Waals surface area contributed by atoms with Crippen LogP contribution in [-0.2, 0) is 22.6 Å². The Balaban J connectivity index is 0.00000462. The number of hydrogen-bond donors (Lipinski definition) is 2. The molecule has 1 unspecified atom stereocenters. The van der Waals surface area contributed by atoms with E-state index in [1.807, 2.05) is 107 Å². The van der Waals surface area contributed by atoms with Gasteiger partial charge in [0, 0.05) is 22.9 Å². The number of carbonyl (C=O) groups is 3. The molecule has 1 heterocycles. The number of benzene rings is 3. The standard InChI is InChI=1S/C33H39N3O3S.H2O/c1-22-12-11-17-26(18-22)30(37)35-28(19-25-14-7-6-8-15-25)24(3)32(39)36-21-40-33(4,5)29(36)31(38)34-20-27-16-10-9-13-23(27)2;/h6-18,24,28-29H,19-21H2,1-5H3,(H,34,38)(H,35,37);1H2/t24-,28?,29+;/m0./s1. The Morgan fingerprint density at radius 3 is 2.34 bits per heavy atom. The summed E-state index contributed by atoms with van der Waals surface area (Å²) < 4.78 is -0.453. The van der Waals surface area contributed by atoms with Crippen LogP contribution >= 0.6 is 11.8 Å². The number of nitrogens with zero attached hydrogens (tertiary/aromatic N) is 1. The third kappa shape index (κ3) is 7.77. The summed E-state index contributed by atoms with van der Waals surface area (Å²) in [6.45, 7) is 10.2.